The fourth-order valence-electron chi connectivity index (χ4n) is 2.75. The topological polar surface area (TPSA) is 56.6 Å². The molecule has 2 aromatic carbocycles. The molecule has 0 unspecified atom stereocenters. The van der Waals surface area contributed by atoms with Crippen molar-refractivity contribution in [3.8, 4) is 6.07 Å². The molecule has 128 valence electrons. The van der Waals surface area contributed by atoms with Crippen molar-refractivity contribution in [3.05, 3.63) is 65.5 Å². The second kappa shape index (κ2) is 7.67. The zero-order valence-corrected chi connectivity index (χ0v) is 13.7. The maximum Gasteiger partial charge on any atom is 0.410 e. The molecule has 1 fully saturated rings. The number of nitriles is 1. The summed E-state index contributed by atoms with van der Waals surface area (Å²) >= 11 is 0. The van der Waals surface area contributed by atoms with Crippen LogP contribution in [0.5, 0.6) is 0 Å². The molecule has 25 heavy (non-hydrogen) atoms. The zero-order valence-electron chi connectivity index (χ0n) is 13.7. The zero-order chi connectivity index (χ0) is 17.6. The van der Waals surface area contributed by atoms with E-state index in [4.69, 9.17) is 10.00 Å². The van der Waals surface area contributed by atoms with E-state index >= 15 is 0 Å². The maximum absolute atomic E-state index is 13.7. The van der Waals surface area contributed by atoms with Gasteiger partial charge in [0, 0.05) is 31.9 Å². The molecule has 1 amide bonds. The minimum atomic E-state index is -0.523. The summed E-state index contributed by atoms with van der Waals surface area (Å²) in [4.78, 5) is 15.8. The molecule has 5 nitrogen and oxygen atoms in total. The number of rotatable bonds is 3. The quantitative estimate of drug-likeness (QED) is 0.862. The Balaban J connectivity index is 1.52. The van der Waals surface area contributed by atoms with E-state index in [1.54, 1.807) is 11.0 Å². The molecule has 1 saturated heterocycles. The molecule has 3 rings (SSSR count). The first-order valence-corrected chi connectivity index (χ1v) is 8.07. The number of benzene rings is 2. The molecule has 2 aromatic rings. The van der Waals surface area contributed by atoms with E-state index in [-0.39, 0.29) is 18.3 Å². The number of amides is 1. The molecule has 1 aliphatic heterocycles. The second-order valence-electron chi connectivity index (χ2n) is 5.79. The monoisotopic (exact) mass is 339 g/mol. The van der Waals surface area contributed by atoms with Gasteiger partial charge in [0.05, 0.1) is 5.56 Å². The summed E-state index contributed by atoms with van der Waals surface area (Å²) in [7, 11) is 0. The first-order valence-electron chi connectivity index (χ1n) is 8.07. The number of hydrogen-bond donors (Lipinski definition) is 0. The number of halogens is 1. The lowest BCUT2D eigenvalue weighted by Gasteiger charge is -2.35. The minimum Gasteiger partial charge on any atom is -0.445 e. The van der Waals surface area contributed by atoms with E-state index in [0.717, 1.165) is 5.56 Å². The molecule has 0 aliphatic carbocycles. The van der Waals surface area contributed by atoms with Gasteiger partial charge < -0.3 is 14.5 Å². The molecule has 1 heterocycles. The standard InChI is InChI=1S/C19H18FN3O2/c20-18-12-17(7-6-16(18)13-21)22-8-10-23(11-9-22)19(24)25-14-15-4-2-1-3-5-15/h1-7,12H,8-11,14H2. The van der Waals surface area contributed by atoms with Crippen LogP contribution in [0.3, 0.4) is 0 Å². The van der Waals surface area contributed by atoms with Crippen LogP contribution < -0.4 is 4.90 Å². The van der Waals surface area contributed by atoms with Crippen LogP contribution in [0.2, 0.25) is 0 Å². The van der Waals surface area contributed by atoms with E-state index in [0.29, 0.717) is 31.9 Å². The van der Waals surface area contributed by atoms with Crippen LogP contribution in [0, 0.1) is 17.1 Å². The normalized spacial score (nSPS) is 14.1. The Labute approximate surface area is 145 Å². The number of anilines is 1. The van der Waals surface area contributed by atoms with Gasteiger partial charge in [-0.25, -0.2) is 9.18 Å². The molecular weight excluding hydrogens is 321 g/mol. The Kier molecular flexibility index (Phi) is 5.14. The van der Waals surface area contributed by atoms with Gasteiger partial charge in [0.15, 0.2) is 0 Å². The van der Waals surface area contributed by atoms with E-state index in [9.17, 15) is 9.18 Å². The van der Waals surface area contributed by atoms with Crippen LogP contribution in [0.1, 0.15) is 11.1 Å². The van der Waals surface area contributed by atoms with Crippen LogP contribution in [-0.4, -0.2) is 37.2 Å². The van der Waals surface area contributed by atoms with Crippen molar-refractivity contribution in [1.29, 1.82) is 5.26 Å². The Morgan fingerprint density at radius 2 is 1.84 bits per heavy atom. The average Bonchev–Trinajstić information content (AvgIpc) is 2.67. The van der Waals surface area contributed by atoms with Gasteiger partial charge in [0.1, 0.15) is 18.5 Å². The number of piperazine rings is 1. The fourth-order valence-corrected chi connectivity index (χ4v) is 2.75. The van der Waals surface area contributed by atoms with Crippen LogP contribution in [0.4, 0.5) is 14.9 Å². The highest BCUT2D eigenvalue weighted by Crippen LogP contribution is 2.20. The van der Waals surface area contributed by atoms with Crippen LogP contribution in [0.25, 0.3) is 0 Å². The maximum atomic E-state index is 13.7. The number of carbonyl (C=O) groups is 1. The third-order valence-corrected chi connectivity index (χ3v) is 4.18. The van der Waals surface area contributed by atoms with Gasteiger partial charge in [-0.05, 0) is 23.8 Å². The molecule has 0 saturated carbocycles. The fraction of sp³-hybridized carbons (Fsp3) is 0.263. The Morgan fingerprint density at radius 3 is 2.48 bits per heavy atom. The van der Waals surface area contributed by atoms with Crippen LogP contribution in [-0.2, 0) is 11.3 Å². The number of carbonyl (C=O) groups excluding carboxylic acids is 1. The molecular formula is C19H18FN3O2. The van der Waals surface area contributed by atoms with Crippen molar-refractivity contribution >= 4 is 11.8 Å². The minimum absolute atomic E-state index is 0.0341. The Bertz CT molecular complexity index is 781. The molecule has 0 atom stereocenters. The Morgan fingerprint density at radius 1 is 1.12 bits per heavy atom. The number of hydrogen-bond acceptors (Lipinski definition) is 4. The molecule has 0 bridgehead atoms. The van der Waals surface area contributed by atoms with Crippen molar-refractivity contribution in [2.45, 2.75) is 6.61 Å². The van der Waals surface area contributed by atoms with Crippen LogP contribution >= 0.6 is 0 Å². The third-order valence-electron chi connectivity index (χ3n) is 4.18. The van der Waals surface area contributed by atoms with Crippen molar-refractivity contribution in [3.63, 3.8) is 0 Å². The first-order chi connectivity index (χ1) is 12.2. The predicted molar refractivity (Wildman–Crippen MR) is 91.5 cm³/mol. The highest BCUT2D eigenvalue weighted by Gasteiger charge is 2.22. The predicted octanol–water partition coefficient (Wildman–Crippen LogP) is 3.16. The van der Waals surface area contributed by atoms with Crippen molar-refractivity contribution in [2.75, 3.05) is 31.1 Å². The number of nitrogens with zero attached hydrogens (tertiary/aromatic N) is 3. The molecule has 0 aromatic heterocycles. The van der Waals surface area contributed by atoms with Gasteiger partial charge in [-0.1, -0.05) is 30.3 Å². The molecule has 0 N–H and O–H groups in total. The lowest BCUT2D eigenvalue weighted by Crippen LogP contribution is -2.49. The van der Waals surface area contributed by atoms with Crippen molar-refractivity contribution < 1.29 is 13.9 Å². The van der Waals surface area contributed by atoms with Crippen LogP contribution in [0.15, 0.2) is 48.5 Å². The van der Waals surface area contributed by atoms with E-state index < -0.39 is 5.82 Å². The van der Waals surface area contributed by atoms with Gasteiger partial charge in [0.2, 0.25) is 0 Å². The Hall–Kier alpha value is -3.07. The smallest absolute Gasteiger partial charge is 0.410 e. The highest BCUT2D eigenvalue weighted by molar-refractivity contribution is 5.68. The summed E-state index contributed by atoms with van der Waals surface area (Å²) in [5.41, 5.74) is 1.70. The first kappa shape index (κ1) is 16.8. The van der Waals surface area contributed by atoms with Gasteiger partial charge in [-0.2, -0.15) is 5.26 Å². The summed E-state index contributed by atoms with van der Waals surface area (Å²) in [5.74, 6) is -0.523. The summed E-state index contributed by atoms with van der Waals surface area (Å²) in [6.45, 7) is 2.45. The van der Waals surface area contributed by atoms with Crippen molar-refractivity contribution in [1.82, 2.24) is 4.90 Å². The summed E-state index contributed by atoms with van der Waals surface area (Å²) < 4.78 is 19.1. The second-order valence-corrected chi connectivity index (χ2v) is 5.79. The van der Waals surface area contributed by atoms with Gasteiger partial charge in [-0.3, -0.25) is 0 Å². The summed E-state index contributed by atoms with van der Waals surface area (Å²) in [5, 5.41) is 8.79. The van der Waals surface area contributed by atoms with E-state index in [2.05, 4.69) is 0 Å². The SMILES string of the molecule is N#Cc1ccc(N2CCN(C(=O)OCc3ccccc3)CC2)cc1F. The molecule has 0 radical (unpaired) electrons. The molecule has 0 spiro atoms. The van der Waals surface area contributed by atoms with Gasteiger partial charge in [-0.15, -0.1) is 0 Å². The summed E-state index contributed by atoms with van der Waals surface area (Å²) in [6.07, 6.45) is -0.338. The molecule has 6 heteroatoms. The third kappa shape index (κ3) is 4.07. The lowest BCUT2D eigenvalue weighted by molar-refractivity contribution is 0.0942. The summed E-state index contributed by atoms with van der Waals surface area (Å²) in [6, 6.07) is 15.9. The van der Waals surface area contributed by atoms with Gasteiger partial charge >= 0.3 is 6.09 Å². The molecule has 1 aliphatic rings. The van der Waals surface area contributed by atoms with E-state index in [1.807, 2.05) is 41.3 Å². The van der Waals surface area contributed by atoms with E-state index in [1.165, 1.54) is 12.1 Å². The van der Waals surface area contributed by atoms with Crippen molar-refractivity contribution in [2.24, 2.45) is 0 Å². The number of ether oxygens (including phenoxy) is 1. The largest absolute Gasteiger partial charge is 0.445 e. The lowest BCUT2D eigenvalue weighted by atomic mass is 10.2. The highest BCUT2D eigenvalue weighted by atomic mass is 19.1. The van der Waals surface area contributed by atoms with Gasteiger partial charge in [0.25, 0.3) is 0 Å². The average molecular weight is 339 g/mol.